The highest BCUT2D eigenvalue weighted by Crippen LogP contribution is 2.33. The molecule has 11 heteroatoms. The van der Waals surface area contributed by atoms with Gasteiger partial charge in [0.05, 0.1) is 24.1 Å². The van der Waals surface area contributed by atoms with E-state index in [1.807, 2.05) is 0 Å². The molecule has 1 aromatic heterocycles. The average molecular weight is 517 g/mol. The van der Waals surface area contributed by atoms with E-state index in [2.05, 4.69) is 5.10 Å². The zero-order valence-corrected chi connectivity index (χ0v) is 19.7. The summed E-state index contributed by atoms with van der Waals surface area (Å²) in [6, 6.07) is 12.3. The predicted molar refractivity (Wildman–Crippen MR) is 125 cm³/mol. The molecule has 194 valence electrons. The Hall–Kier alpha value is -3.99. The maximum atomic E-state index is 13.4. The lowest BCUT2D eigenvalue weighted by atomic mass is 10.0. The number of hydrazone groups is 1. The van der Waals surface area contributed by atoms with Crippen LogP contribution in [0.1, 0.15) is 39.7 Å². The van der Waals surface area contributed by atoms with Crippen molar-refractivity contribution < 1.29 is 36.3 Å². The summed E-state index contributed by atoms with van der Waals surface area (Å²) in [4.78, 5) is 27.7. The van der Waals surface area contributed by atoms with Gasteiger partial charge in [-0.3, -0.25) is 9.59 Å². The number of methoxy groups -OCH3 is 1. The molecule has 0 unspecified atom stereocenters. The fraction of sp³-hybridized carbons (Fsp3) is 0.269. The Morgan fingerprint density at radius 2 is 1.81 bits per heavy atom. The van der Waals surface area contributed by atoms with Gasteiger partial charge in [-0.05, 0) is 54.1 Å². The van der Waals surface area contributed by atoms with Crippen molar-refractivity contribution >= 4 is 17.5 Å². The fourth-order valence-corrected chi connectivity index (χ4v) is 3.93. The van der Waals surface area contributed by atoms with Crippen molar-refractivity contribution in [2.75, 3.05) is 26.8 Å². The third-order valence-electron chi connectivity index (χ3n) is 5.85. The van der Waals surface area contributed by atoms with Gasteiger partial charge in [-0.2, -0.15) is 18.3 Å². The maximum absolute atomic E-state index is 13.4. The summed E-state index contributed by atoms with van der Waals surface area (Å²) < 4.78 is 62.7. The Labute approximate surface area is 209 Å². The van der Waals surface area contributed by atoms with Crippen LogP contribution in [-0.2, 0) is 15.7 Å². The first-order chi connectivity index (χ1) is 17.7. The van der Waals surface area contributed by atoms with Gasteiger partial charge in [0, 0.05) is 25.6 Å². The first-order valence-electron chi connectivity index (χ1n) is 11.3. The predicted octanol–water partition coefficient (Wildman–Crippen LogP) is 4.90. The van der Waals surface area contributed by atoms with Crippen molar-refractivity contribution in [3.05, 3.63) is 95.2 Å². The standard InChI is InChI=1S/C26H23F4N3O4/c1-36-14-12-32(25(35)18-4-8-19(9-5-18)26(28,29)30)16-24(34)33-22(23-3-2-13-37-23)15-21(31-33)17-6-10-20(27)11-7-17/h2-11,13,22H,12,14-16H2,1H3/t22-/m1/s1. The molecule has 0 spiro atoms. The van der Waals surface area contributed by atoms with E-state index < -0.39 is 42.0 Å². The van der Waals surface area contributed by atoms with Crippen LogP contribution in [-0.4, -0.2) is 54.2 Å². The van der Waals surface area contributed by atoms with Gasteiger partial charge in [-0.25, -0.2) is 9.40 Å². The van der Waals surface area contributed by atoms with E-state index in [1.54, 1.807) is 24.3 Å². The molecule has 37 heavy (non-hydrogen) atoms. The molecule has 0 saturated heterocycles. The summed E-state index contributed by atoms with van der Waals surface area (Å²) in [6.07, 6.45) is -2.77. The van der Waals surface area contributed by atoms with E-state index in [9.17, 15) is 27.2 Å². The van der Waals surface area contributed by atoms with Gasteiger partial charge in [-0.15, -0.1) is 0 Å². The van der Waals surface area contributed by atoms with Crippen LogP contribution in [0.15, 0.2) is 76.4 Å². The number of hydrogen-bond acceptors (Lipinski definition) is 5. The molecule has 1 aliphatic rings. The number of alkyl halides is 3. The first-order valence-corrected chi connectivity index (χ1v) is 11.3. The van der Waals surface area contributed by atoms with Crippen molar-refractivity contribution in [1.82, 2.24) is 9.91 Å². The smallest absolute Gasteiger partial charge is 0.416 e. The minimum Gasteiger partial charge on any atom is -0.467 e. The Morgan fingerprint density at radius 1 is 1.11 bits per heavy atom. The lowest BCUT2D eigenvalue weighted by Gasteiger charge is -2.26. The molecule has 0 fully saturated rings. The van der Waals surface area contributed by atoms with Crippen molar-refractivity contribution in [2.24, 2.45) is 5.10 Å². The zero-order valence-electron chi connectivity index (χ0n) is 19.7. The van der Waals surface area contributed by atoms with Crippen LogP contribution in [0.5, 0.6) is 0 Å². The number of halogens is 4. The van der Waals surface area contributed by atoms with E-state index in [-0.39, 0.29) is 18.7 Å². The van der Waals surface area contributed by atoms with Crippen molar-refractivity contribution in [3.8, 4) is 0 Å². The van der Waals surface area contributed by atoms with Crippen LogP contribution >= 0.6 is 0 Å². The largest absolute Gasteiger partial charge is 0.467 e. The highest BCUT2D eigenvalue weighted by Gasteiger charge is 2.36. The van der Waals surface area contributed by atoms with Gasteiger partial charge in [-0.1, -0.05) is 12.1 Å². The molecule has 1 aliphatic heterocycles. The normalized spacial score (nSPS) is 15.5. The lowest BCUT2D eigenvalue weighted by molar-refractivity contribution is -0.137. The number of benzene rings is 2. The van der Waals surface area contributed by atoms with Gasteiger partial charge < -0.3 is 14.1 Å². The molecule has 0 aliphatic carbocycles. The van der Waals surface area contributed by atoms with Crippen LogP contribution in [0.2, 0.25) is 0 Å². The summed E-state index contributed by atoms with van der Waals surface area (Å²) >= 11 is 0. The number of nitrogens with zero attached hydrogens (tertiary/aromatic N) is 3. The molecule has 0 bridgehead atoms. The van der Waals surface area contributed by atoms with Gasteiger partial charge in [0.1, 0.15) is 24.2 Å². The zero-order chi connectivity index (χ0) is 26.6. The van der Waals surface area contributed by atoms with E-state index >= 15 is 0 Å². The van der Waals surface area contributed by atoms with Gasteiger partial charge in [0.25, 0.3) is 11.8 Å². The number of rotatable bonds is 8. The first kappa shape index (κ1) is 26.1. The quantitative estimate of drug-likeness (QED) is 0.398. The second-order valence-corrected chi connectivity index (χ2v) is 8.32. The molecule has 2 aromatic carbocycles. The summed E-state index contributed by atoms with van der Waals surface area (Å²) in [5.74, 6) is -1.09. The molecule has 2 heterocycles. The fourth-order valence-electron chi connectivity index (χ4n) is 3.93. The van der Waals surface area contributed by atoms with E-state index in [4.69, 9.17) is 9.15 Å². The third-order valence-corrected chi connectivity index (χ3v) is 5.85. The lowest BCUT2D eigenvalue weighted by Crippen LogP contribution is -2.42. The van der Waals surface area contributed by atoms with Crippen LogP contribution < -0.4 is 0 Å². The van der Waals surface area contributed by atoms with E-state index in [1.165, 1.54) is 35.4 Å². The Morgan fingerprint density at radius 3 is 2.41 bits per heavy atom. The Kier molecular flexibility index (Phi) is 7.72. The molecular weight excluding hydrogens is 494 g/mol. The SMILES string of the molecule is COCCN(CC(=O)N1N=C(c2ccc(F)cc2)C[C@@H]1c1ccco1)C(=O)c1ccc(C(F)(F)F)cc1. The summed E-state index contributed by atoms with van der Waals surface area (Å²) in [6.45, 7) is -0.276. The number of hydrogen-bond donors (Lipinski definition) is 0. The highest BCUT2D eigenvalue weighted by atomic mass is 19.4. The minimum absolute atomic E-state index is 0.00332. The topological polar surface area (TPSA) is 75.3 Å². The van der Waals surface area contributed by atoms with Crippen molar-refractivity contribution in [1.29, 1.82) is 0 Å². The molecule has 2 amide bonds. The summed E-state index contributed by atoms with van der Waals surface area (Å²) in [7, 11) is 1.43. The average Bonchev–Trinajstić information content (AvgIpc) is 3.56. The van der Waals surface area contributed by atoms with E-state index in [0.29, 0.717) is 23.5 Å². The maximum Gasteiger partial charge on any atom is 0.416 e. The Bertz CT molecular complexity index is 1260. The monoisotopic (exact) mass is 517 g/mol. The molecule has 4 rings (SSSR count). The van der Waals surface area contributed by atoms with E-state index in [0.717, 1.165) is 24.3 Å². The summed E-state index contributed by atoms with van der Waals surface area (Å²) in [5, 5.41) is 5.67. The van der Waals surface area contributed by atoms with Gasteiger partial charge in [0.2, 0.25) is 0 Å². The minimum atomic E-state index is -4.54. The van der Waals surface area contributed by atoms with Crippen LogP contribution in [0.4, 0.5) is 17.6 Å². The summed E-state index contributed by atoms with van der Waals surface area (Å²) in [5.41, 5.74) is 0.276. The molecular formula is C26H23F4N3O4. The number of ether oxygens (including phenoxy) is 1. The highest BCUT2D eigenvalue weighted by molar-refractivity contribution is 6.03. The molecule has 0 saturated carbocycles. The molecule has 0 radical (unpaired) electrons. The second-order valence-electron chi connectivity index (χ2n) is 8.32. The molecule has 0 N–H and O–H groups in total. The van der Waals surface area contributed by atoms with Crippen LogP contribution in [0.25, 0.3) is 0 Å². The van der Waals surface area contributed by atoms with Crippen LogP contribution in [0.3, 0.4) is 0 Å². The van der Waals surface area contributed by atoms with Gasteiger partial charge in [0.15, 0.2) is 0 Å². The van der Waals surface area contributed by atoms with Crippen molar-refractivity contribution in [2.45, 2.75) is 18.6 Å². The van der Waals surface area contributed by atoms with Gasteiger partial charge >= 0.3 is 6.18 Å². The van der Waals surface area contributed by atoms with Crippen LogP contribution in [0, 0.1) is 5.82 Å². The third kappa shape index (κ3) is 6.05. The number of carbonyl (C=O) groups is 2. The Balaban J connectivity index is 1.58. The molecule has 1 atom stereocenters. The number of furan rings is 1. The number of carbonyl (C=O) groups excluding carboxylic acids is 2. The molecule has 7 nitrogen and oxygen atoms in total. The second kappa shape index (κ2) is 11.0. The number of amides is 2. The molecule has 3 aromatic rings. The van der Waals surface area contributed by atoms with Crippen molar-refractivity contribution in [3.63, 3.8) is 0 Å².